The number of aromatic nitrogens is 3. The minimum absolute atomic E-state index is 0.00929. The van der Waals surface area contributed by atoms with Gasteiger partial charge in [-0.3, -0.25) is 4.79 Å². The van der Waals surface area contributed by atoms with E-state index in [-0.39, 0.29) is 18.3 Å². The van der Waals surface area contributed by atoms with Crippen molar-refractivity contribution in [1.82, 2.24) is 19.7 Å². The van der Waals surface area contributed by atoms with Crippen LogP contribution in [0.2, 0.25) is 0 Å². The van der Waals surface area contributed by atoms with Gasteiger partial charge in [0.1, 0.15) is 30.6 Å². The summed E-state index contributed by atoms with van der Waals surface area (Å²) in [5.74, 6) is -1.41. The number of carbonyl (C=O) groups is 1. The zero-order valence-electron chi connectivity index (χ0n) is 14.1. The highest BCUT2D eigenvalue weighted by molar-refractivity contribution is 5.77. The average Bonchev–Trinajstić information content (AvgIpc) is 3.26. The predicted molar refractivity (Wildman–Crippen MR) is 90.8 cm³/mol. The number of hydrogen-bond acceptors (Lipinski definition) is 4. The van der Waals surface area contributed by atoms with Crippen molar-refractivity contribution in [1.29, 1.82) is 5.26 Å². The van der Waals surface area contributed by atoms with Gasteiger partial charge in [-0.25, -0.2) is 18.4 Å². The lowest BCUT2D eigenvalue weighted by atomic mass is 10.0. The third kappa shape index (κ3) is 3.40. The molecule has 0 fully saturated rings. The van der Waals surface area contributed by atoms with E-state index in [2.05, 4.69) is 10.1 Å². The quantitative estimate of drug-likeness (QED) is 0.715. The van der Waals surface area contributed by atoms with Crippen molar-refractivity contribution in [2.24, 2.45) is 0 Å². The van der Waals surface area contributed by atoms with Crippen LogP contribution in [-0.2, 0) is 24.4 Å². The van der Waals surface area contributed by atoms with Crippen LogP contribution in [0.15, 0.2) is 42.7 Å². The lowest BCUT2D eigenvalue weighted by molar-refractivity contribution is -0.132. The Morgan fingerprint density at radius 2 is 1.81 bits per heavy atom. The Labute approximate surface area is 153 Å². The first kappa shape index (κ1) is 16.8. The lowest BCUT2D eigenvalue weighted by Gasteiger charge is -2.14. The first-order valence-electron chi connectivity index (χ1n) is 8.17. The number of amides is 1. The molecule has 3 aromatic rings. The Balaban J connectivity index is 1.51. The molecular weight excluding hydrogens is 352 g/mol. The molecule has 0 bridgehead atoms. The maximum Gasteiger partial charge on any atom is 0.252 e. The Morgan fingerprint density at radius 1 is 1.07 bits per heavy atom. The van der Waals surface area contributed by atoms with Gasteiger partial charge >= 0.3 is 0 Å². The number of nitriles is 1. The molecule has 8 heteroatoms. The van der Waals surface area contributed by atoms with E-state index in [4.69, 9.17) is 5.26 Å². The maximum absolute atomic E-state index is 13.5. The van der Waals surface area contributed by atoms with Gasteiger partial charge in [0.05, 0.1) is 0 Å². The summed E-state index contributed by atoms with van der Waals surface area (Å²) in [5.41, 5.74) is 3.06. The van der Waals surface area contributed by atoms with Crippen LogP contribution in [0.5, 0.6) is 0 Å². The molecule has 1 aliphatic heterocycles. The first-order chi connectivity index (χ1) is 13.0. The molecule has 0 aliphatic carbocycles. The van der Waals surface area contributed by atoms with Crippen LogP contribution in [0.4, 0.5) is 8.78 Å². The van der Waals surface area contributed by atoms with Crippen LogP contribution >= 0.6 is 0 Å². The molecule has 0 saturated heterocycles. The van der Waals surface area contributed by atoms with Crippen molar-refractivity contribution >= 4 is 5.91 Å². The second-order valence-electron chi connectivity index (χ2n) is 6.27. The topological polar surface area (TPSA) is 74.8 Å². The highest BCUT2D eigenvalue weighted by atomic mass is 19.1. The molecule has 6 nitrogen and oxygen atoms in total. The molecular formula is C19H13F2N5O. The van der Waals surface area contributed by atoms with Gasteiger partial charge in [-0.05, 0) is 40.5 Å². The largest absolute Gasteiger partial charge is 0.332 e. The summed E-state index contributed by atoms with van der Waals surface area (Å²) < 4.78 is 28.3. The fraction of sp³-hybridized carbons (Fsp3) is 0.158. The van der Waals surface area contributed by atoms with Gasteiger partial charge in [0.2, 0.25) is 5.91 Å². The normalized spacial score (nSPS) is 12.7. The molecule has 1 aliphatic rings. The zero-order valence-corrected chi connectivity index (χ0v) is 14.1. The summed E-state index contributed by atoms with van der Waals surface area (Å²) in [5, 5.41) is 12.6. The fourth-order valence-electron chi connectivity index (χ4n) is 3.13. The minimum atomic E-state index is -0.633. The second-order valence-corrected chi connectivity index (χ2v) is 6.27. The third-order valence-electron chi connectivity index (χ3n) is 4.41. The van der Waals surface area contributed by atoms with E-state index in [1.54, 1.807) is 11.0 Å². The molecule has 4 rings (SSSR count). The van der Waals surface area contributed by atoms with E-state index in [1.807, 2.05) is 18.2 Å². The van der Waals surface area contributed by atoms with Gasteiger partial charge in [0.15, 0.2) is 0 Å². The van der Waals surface area contributed by atoms with Crippen LogP contribution in [-0.4, -0.2) is 25.6 Å². The van der Waals surface area contributed by atoms with Crippen LogP contribution in [0.3, 0.4) is 0 Å². The van der Waals surface area contributed by atoms with Crippen molar-refractivity contribution in [3.63, 3.8) is 0 Å². The van der Waals surface area contributed by atoms with Gasteiger partial charge in [0.25, 0.3) is 5.82 Å². The van der Waals surface area contributed by atoms with E-state index >= 15 is 0 Å². The van der Waals surface area contributed by atoms with Crippen LogP contribution in [0.25, 0.3) is 11.1 Å². The Morgan fingerprint density at radius 3 is 2.52 bits per heavy atom. The molecule has 2 aromatic carbocycles. The summed E-state index contributed by atoms with van der Waals surface area (Å²) in [6.45, 7) is 0.843. The van der Waals surface area contributed by atoms with Crippen LogP contribution < -0.4 is 0 Å². The summed E-state index contributed by atoms with van der Waals surface area (Å²) in [6.07, 6.45) is 1.34. The summed E-state index contributed by atoms with van der Waals surface area (Å²) in [6, 6.07) is 10.7. The number of hydrogen-bond donors (Lipinski definition) is 0. The third-order valence-corrected chi connectivity index (χ3v) is 4.41. The molecule has 2 heterocycles. The highest BCUT2D eigenvalue weighted by Gasteiger charge is 2.24. The molecule has 1 amide bonds. The second kappa shape index (κ2) is 6.61. The van der Waals surface area contributed by atoms with Gasteiger partial charge < -0.3 is 4.90 Å². The van der Waals surface area contributed by atoms with Gasteiger partial charge in [0, 0.05) is 19.2 Å². The standard InChI is InChI=1S/C19H13F2N5O/c20-16-4-14(5-17(21)6-16)12-1-2-13-8-25(9-15(13)3-12)19(27)10-26-11-23-18(7-22)24-26/h1-6,11H,8-10H2. The van der Waals surface area contributed by atoms with Gasteiger partial charge in [-0.15, -0.1) is 5.10 Å². The molecule has 134 valence electrons. The van der Waals surface area contributed by atoms with E-state index in [0.29, 0.717) is 24.2 Å². The van der Waals surface area contributed by atoms with E-state index in [0.717, 1.165) is 17.2 Å². The fourth-order valence-corrected chi connectivity index (χ4v) is 3.13. The number of carbonyl (C=O) groups excluding carboxylic acids is 1. The van der Waals surface area contributed by atoms with E-state index in [1.165, 1.54) is 23.1 Å². The van der Waals surface area contributed by atoms with Crippen molar-refractivity contribution in [2.45, 2.75) is 19.6 Å². The van der Waals surface area contributed by atoms with E-state index < -0.39 is 11.6 Å². The molecule has 27 heavy (non-hydrogen) atoms. The first-order valence-corrected chi connectivity index (χ1v) is 8.17. The molecule has 0 spiro atoms. The number of halogens is 2. The SMILES string of the molecule is N#Cc1ncn(CC(=O)N2Cc3ccc(-c4cc(F)cc(F)c4)cc3C2)n1. The Kier molecular flexibility index (Phi) is 4.12. The van der Waals surface area contributed by atoms with Gasteiger partial charge in [-0.1, -0.05) is 12.1 Å². The summed E-state index contributed by atoms with van der Waals surface area (Å²) in [7, 11) is 0. The monoisotopic (exact) mass is 365 g/mol. The molecule has 0 N–H and O–H groups in total. The molecule has 0 saturated carbocycles. The smallest absolute Gasteiger partial charge is 0.252 e. The minimum Gasteiger partial charge on any atom is -0.332 e. The maximum atomic E-state index is 13.5. The number of fused-ring (bicyclic) bond motifs is 1. The Hall–Kier alpha value is -3.60. The Bertz CT molecular complexity index is 1070. The number of benzene rings is 2. The molecule has 0 atom stereocenters. The van der Waals surface area contributed by atoms with Crippen molar-refractivity contribution < 1.29 is 13.6 Å². The molecule has 0 unspecified atom stereocenters. The number of rotatable bonds is 3. The molecule has 0 radical (unpaired) electrons. The van der Waals surface area contributed by atoms with Crippen molar-refractivity contribution in [3.05, 3.63) is 71.3 Å². The highest BCUT2D eigenvalue weighted by Crippen LogP contribution is 2.29. The van der Waals surface area contributed by atoms with Crippen LogP contribution in [0.1, 0.15) is 17.0 Å². The van der Waals surface area contributed by atoms with Crippen molar-refractivity contribution in [3.8, 4) is 17.2 Å². The zero-order chi connectivity index (χ0) is 19.0. The average molecular weight is 365 g/mol. The van der Waals surface area contributed by atoms with Crippen molar-refractivity contribution in [2.75, 3.05) is 0 Å². The predicted octanol–water partition coefficient (Wildman–Crippen LogP) is 2.64. The van der Waals surface area contributed by atoms with Crippen LogP contribution in [0, 0.1) is 23.0 Å². The number of nitrogens with zero attached hydrogens (tertiary/aromatic N) is 5. The van der Waals surface area contributed by atoms with Gasteiger partial charge in [-0.2, -0.15) is 5.26 Å². The lowest BCUT2D eigenvalue weighted by Crippen LogP contribution is -2.29. The summed E-state index contributed by atoms with van der Waals surface area (Å²) in [4.78, 5) is 17.9. The van der Waals surface area contributed by atoms with E-state index in [9.17, 15) is 13.6 Å². The summed E-state index contributed by atoms with van der Waals surface area (Å²) >= 11 is 0. The molecule has 1 aromatic heterocycles.